The SMILES string of the molecule is CCNC(=NCc1cc(C)oc1C)NC1CCN(CC(F)F)CC1.I. The van der Waals surface area contributed by atoms with Crippen LogP contribution in [0.5, 0.6) is 0 Å². The van der Waals surface area contributed by atoms with E-state index < -0.39 is 6.43 Å². The van der Waals surface area contributed by atoms with Gasteiger partial charge in [-0.3, -0.25) is 4.90 Å². The number of piperidine rings is 1. The van der Waals surface area contributed by atoms with Crippen LogP contribution in [0.3, 0.4) is 0 Å². The molecule has 2 N–H and O–H groups in total. The lowest BCUT2D eigenvalue weighted by Crippen LogP contribution is -2.49. The van der Waals surface area contributed by atoms with Gasteiger partial charge in [-0.25, -0.2) is 13.8 Å². The Labute approximate surface area is 165 Å². The summed E-state index contributed by atoms with van der Waals surface area (Å²) in [6.07, 6.45) is -0.558. The average molecular weight is 470 g/mol. The molecule has 1 aromatic heterocycles. The zero-order valence-electron chi connectivity index (χ0n) is 15.1. The van der Waals surface area contributed by atoms with Crippen molar-refractivity contribution in [3.05, 3.63) is 23.2 Å². The molecule has 0 unspecified atom stereocenters. The Morgan fingerprint density at radius 3 is 2.56 bits per heavy atom. The second-order valence-corrected chi connectivity index (χ2v) is 6.24. The van der Waals surface area contributed by atoms with Gasteiger partial charge in [0.1, 0.15) is 11.5 Å². The minimum Gasteiger partial charge on any atom is -0.466 e. The van der Waals surface area contributed by atoms with E-state index in [1.165, 1.54) is 0 Å². The third-order valence-electron chi connectivity index (χ3n) is 4.22. The van der Waals surface area contributed by atoms with Gasteiger partial charge in [-0.2, -0.15) is 0 Å². The first-order valence-electron chi connectivity index (χ1n) is 8.59. The Kier molecular flexibility index (Phi) is 9.70. The highest BCUT2D eigenvalue weighted by Crippen LogP contribution is 2.15. The van der Waals surface area contributed by atoms with Crippen LogP contribution in [0.1, 0.15) is 36.8 Å². The number of nitrogens with zero attached hydrogens (tertiary/aromatic N) is 2. The summed E-state index contributed by atoms with van der Waals surface area (Å²) < 4.78 is 30.4. The number of furan rings is 1. The summed E-state index contributed by atoms with van der Waals surface area (Å²) in [5.74, 6) is 2.55. The van der Waals surface area contributed by atoms with Gasteiger partial charge in [0.15, 0.2) is 5.96 Å². The molecule has 1 fully saturated rings. The number of hydrogen-bond donors (Lipinski definition) is 2. The van der Waals surface area contributed by atoms with Crippen molar-refractivity contribution in [1.82, 2.24) is 15.5 Å². The molecule has 2 heterocycles. The maximum absolute atomic E-state index is 12.4. The molecule has 0 radical (unpaired) electrons. The van der Waals surface area contributed by atoms with Crippen LogP contribution in [0.15, 0.2) is 15.5 Å². The van der Waals surface area contributed by atoms with E-state index in [0.717, 1.165) is 42.4 Å². The van der Waals surface area contributed by atoms with E-state index in [2.05, 4.69) is 15.6 Å². The maximum atomic E-state index is 12.4. The topological polar surface area (TPSA) is 52.8 Å². The smallest absolute Gasteiger partial charge is 0.251 e. The normalized spacial score (nSPS) is 16.8. The Morgan fingerprint density at radius 1 is 1.36 bits per heavy atom. The van der Waals surface area contributed by atoms with Gasteiger partial charge in [0, 0.05) is 31.2 Å². The second-order valence-electron chi connectivity index (χ2n) is 6.24. The van der Waals surface area contributed by atoms with Crippen LogP contribution in [-0.4, -0.2) is 49.5 Å². The molecule has 0 aromatic carbocycles. The number of guanidine groups is 1. The molecule has 1 aliphatic heterocycles. The molecule has 0 bridgehead atoms. The summed E-state index contributed by atoms with van der Waals surface area (Å²) in [5.41, 5.74) is 1.08. The summed E-state index contributed by atoms with van der Waals surface area (Å²) in [4.78, 5) is 6.44. The van der Waals surface area contributed by atoms with Crippen molar-refractivity contribution in [2.24, 2.45) is 4.99 Å². The van der Waals surface area contributed by atoms with E-state index >= 15 is 0 Å². The first-order valence-corrected chi connectivity index (χ1v) is 8.59. The molecule has 5 nitrogen and oxygen atoms in total. The van der Waals surface area contributed by atoms with Gasteiger partial charge in [-0.05, 0) is 39.7 Å². The van der Waals surface area contributed by atoms with Crippen LogP contribution in [-0.2, 0) is 6.54 Å². The molecule has 144 valence electrons. The number of aryl methyl sites for hydroxylation is 2. The molecule has 1 aliphatic rings. The zero-order valence-corrected chi connectivity index (χ0v) is 17.5. The van der Waals surface area contributed by atoms with E-state index in [1.807, 2.05) is 31.7 Å². The molecular weight excluding hydrogens is 441 g/mol. The third kappa shape index (κ3) is 7.47. The molecule has 0 atom stereocenters. The molecule has 0 spiro atoms. The molecule has 1 aromatic rings. The number of halogens is 3. The van der Waals surface area contributed by atoms with E-state index in [4.69, 9.17) is 4.42 Å². The number of hydrogen-bond acceptors (Lipinski definition) is 3. The van der Waals surface area contributed by atoms with Crippen LogP contribution < -0.4 is 10.6 Å². The van der Waals surface area contributed by atoms with Crippen molar-refractivity contribution < 1.29 is 13.2 Å². The number of rotatable bonds is 6. The third-order valence-corrected chi connectivity index (χ3v) is 4.22. The van der Waals surface area contributed by atoms with Crippen molar-refractivity contribution in [2.45, 2.75) is 52.6 Å². The van der Waals surface area contributed by atoms with E-state index in [-0.39, 0.29) is 36.6 Å². The lowest BCUT2D eigenvalue weighted by molar-refractivity contribution is 0.0744. The number of nitrogens with one attached hydrogen (secondary N) is 2. The first-order chi connectivity index (χ1) is 11.5. The number of likely N-dealkylation sites (tertiary alicyclic amines) is 1. The minimum atomic E-state index is -2.25. The van der Waals surface area contributed by atoms with Gasteiger partial charge in [-0.1, -0.05) is 0 Å². The predicted molar refractivity (Wildman–Crippen MR) is 107 cm³/mol. The molecule has 0 saturated carbocycles. The van der Waals surface area contributed by atoms with Crippen LogP contribution >= 0.6 is 24.0 Å². The summed E-state index contributed by atoms with van der Waals surface area (Å²) in [5, 5.41) is 6.67. The predicted octanol–water partition coefficient (Wildman–Crippen LogP) is 3.30. The van der Waals surface area contributed by atoms with E-state index in [9.17, 15) is 8.78 Å². The Balaban J connectivity index is 0.00000312. The van der Waals surface area contributed by atoms with Gasteiger partial charge in [0.2, 0.25) is 0 Å². The van der Waals surface area contributed by atoms with Crippen molar-refractivity contribution >= 4 is 29.9 Å². The van der Waals surface area contributed by atoms with Gasteiger partial charge in [0.25, 0.3) is 6.43 Å². The zero-order chi connectivity index (χ0) is 17.5. The van der Waals surface area contributed by atoms with Crippen molar-refractivity contribution in [3.8, 4) is 0 Å². The van der Waals surface area contributed by atoms with Crippen molar-refractivity contribution in [3.63, 3.8) is 0 Å². The fourth-order valence-corrected chi connectivity index (χ4v) is 2.97. The molecule has 1 saturated heterocycles. The lowest BCUT2D eigenvalue weighted by atomic mass is 10.1. The second kappa shape index (κ2) is 10.9. The summed E-state index contributed by atoms with van der Waals surface area (Å²) in [6.45, 7) is 8.49. The molecule has 8 heteroatoms. The van der Waals surface area contributed by atoms with Crippen LogP contribution in [0.4, 0.5) is 8.78 Å². The summed E-state index contributed by atoms with van der Waals surface area (Å²) in [7, 11) is 0. The monoisotopic (exact) mass is 470 g/mol. The fourth-order valence-electron chi connectivity index (χ4n) is 2.97. The van der Waals surface area contributed by atoms with Crippen LogP contribution in [0, 0.1) is 13.8 Å². The van der Waals surface area contributed by atoms with Gasteiger partial charge >= 0.3 is 0 Å². The molecular formula is C17H29F2IN4O. The Bertz CT molecular complexity index is 543. The van der Waals surface area contributed by atoms with Crippen LogP contribution in [0.2, 0.25) is 0 Å². The number of alkyl halides is 2. The average Bonchev–Trinajstić information content (AvgIpc) is 2.84. The standard InChI is InChI=1S/C17H28F2N4O.HI/c1-4-20-17(21-10-14-9-12(2)24-13(14)3)22-15-5-7-23(8-6-15)11-16(18)19;/h9,15-16H,4-8,10-11H2,1-3H3,(H2,20,21,22);1H. The molecule has 2 rings (SSSR count). The minimum absolute atomic E-state index is 0. The van der Waals surface area contributed by atoms with Crippen molar-refractivity contribution in [1.29, 1.82) is 0 Å². The Morgan fingerprint density at radius 2 is 2.04 bits per heavy atom. The quantitative estimate of drug-likeness (QED) is 0.381. The summed E-state index contributed by atoms with van der Waals surface area (Å²) in [6, 6.07) is 2.27. The van der Waals surface area contributed by atoms with Gasteiger partial charge in [-0.15, -0.1) is 24.0 Å². The maximum Gasteiger partial charge on any atom is 0.251 e. The lowest BCUT2D eigenvalue weighted by Gasteiger charge is -2.32. The van der Waals surface area contributed by atoms with Crippen LogP contribution in [0.25, 0.3) is 0 Å². The van der Waals surface area contributed by atoms with E-state index in [1.54, 1.807) is 0 Å². The molecule has 0 aliphatic carbocycles. The molecule has 0 amide bonds. The molecule has 25 heavy (non-hydrogen) atoms. The highest BCUT2D eigenvalue weighted by atomic mass is 127. The van der Waals surface area contributed by atoms with Gasteiger partial charge < -0.3 is 15.1 Å². The number of aliphatic imine (C=N–C) groups is 1. The van der Waals surface area contributed by atoms with Crippen molar-refractivity contribution in [2.75, 3.05) is 26.2 Å². The fraction of sp³-hybridized carbons (Fsp3) is 0.706. The van der Waals surface area contributed by atoms with E-state index in [0.29, 0.717) is 19.6 Å². The van der Waals surface area contributed by atoms with Gasteiger partial charge in [0.05, 0.1) is 13.1 Å². The highest BCUT2D eigenvalue weighted by Gasteiger charge is 2.22. The first kappa shape index (κ1) is 22.1. The summed E-state index contributed by atoms with van der Waals surface area (Å²) >= 11 is 0. The largest absolute Gasteiger partial charge is 0.466 e. The highest BCUT2D eigenvalue weighted by molar-refractivity contribution is 14.0. The Hall–Kier alpha value is -0.900.